The molecule has 1 aromatic heterocycles. The van der Waals surface area contributed by atoms with Crippen molar-refractivity contribution in [2.45, 2.75) is 6.92 Å². The molecule has 0 radical (unpaired) electrons. The summed E-state index contributed by atoms with van der Waals surface area (Å²) in [6, 6.07) is 28.2. The van der Waals surface area contributed by atoms with E-state index >= 15 is 0 Å². The molecule has 0 saturated carbocycles. The van der Waals surface area contributed by atoms with Crippen LogP contribution in [-0.4, -0.2) is 27.6 Å². The number of aromatic nitrogens is 2. The van der Waals surface area contributed by atoms with Crippen molar-refractivity contribution in [2.24, 2.45) is 0 Å². The van der Waals surface area contributed by atoms with Gasteiger partial charge in [0.05, 0.1) is 11.0 Å². The Hall–Kier alpha value is -5.04. The fourth-order valence-electron chi connectivity index (χ4n) is 3.83. The quantitative estimate of drug-likeness (QED) is 0.188. The highest BCUT2D eigenvalue weighted by atomic mass is 16.5. The average Bonchev–Trinajstić information content (AvgIpc) is 3.32. The molecule has 2 N–H and O–H groups in total. The topological polar surface area (TPSA) is 101 Å². The first-order valence-corrected chi connectivity index (χ1v) is 11.3. The van der Waals surface area contributed by atoms with Crippen molar-refractivity contribution in [1.82, 2.24) is 9.97 Å². The van der Waals surface area contributed by atoms with Crippen molar-refractivity contribution in [3.63, 3.8) is 0 Å². The molecule has 0 aliphatic carbocycles. The number of carbonyl (C=O) groups excluding carboxylic acids is 3. The van der Waals surface area contributed by atoms with Crippen LogP contribution < -0.4 is 10.1 Å². The van der Waals surface area contributed by atoms with E-state index in [1.165, 1.54) is 13.0 Å². The summed E-state index contributed by atoms with van der Waals surface area (Å²) < 4.78 is 5.04. The van der Waals surface area contributed by atoms with Gasteiger partial charge >= 0.3 is 5.97 Å². The second-order valence-electron chi connectivity index (χ2n) is 8.17. The lowest BCUT2D eigenvalue weighted by Crippen LogP contribution is -2.12. The van der Waals surface area contributed by atoms with E-state index < -0.39 is 5.97 Å². The summed E-state index contributed by atoms with van der Waals surface area (Å²) in [5.74, 6) is 0.140. The Balaban J connectivity index is 1.32. The van der Waals surface area contributed by atoms with Crippen LogP contribution in [0.1, 0.15) is 33.2 Å². The third-order valence-electron chi connectivity index (χ3n) is 5.55. The molecule has 0 aliphatic rings. The number of ketones is 1. The van der Waals surface area contributed by atoms with Crippen LogP contribution in [0, 0.1) is 0 Å². The molecule has 7 nitrogen and oxygen atoms in total. The summed E-state index contributed by atoms with van der Waals surface area (Å²) in [4.78, 5) is 44.4. The molecule has 7 heteroatoms. The van der Waals surface area contributed by atoms with Gasteiger partial charge in [-0.05, 0) is 60.7 Å². The highest BCUT2D eigenvalue weighted by Crippen LogP contribution is 2.24. The Morgan fingerprint density at radius 1 is 0.778 bits per heavy atom. The van der Waals surface area contributed by atoms with E-state index in [-0.39, 0.29) is 11.7 Å². The van der Waals surface area contributed by atoms with Crippen LogP contribution in [0.15, 0.2) is 97.1 Å². The highest BCUT2D eigenvalue weighted by molar-refractivity contribution is 6.10. The van der Waals surface area contributed by atoms with Gasteiger partial charge in [-0.3, -0.25) is 14.4 Å². The van der Waals surface area contributed by atoms with E-state index in [4.69, 9.17) is 4.74 Å². The number of anilines is 1. The number of H-pyrrole nitrogens is 1. The summed E-state index contributed by atoms with van der Waals surface area (Å²) in [6.45, 7) is 1.31. The van der Waals surface area contributed by atoms with Gasteiger partial charge in [0.25, 0.3) is 5.91 Å². The number of benzene rings is 4. The summed E-state index contributed by atoms with van der Waals surface area (Å²) in [5.41, 5.74) is 4.53. The number of amides is 1. The van der Waals surface area contributed by atoms with Crippen molar-refractivity contribution >= 4 is 34.4 Å². The van der Waals surface area contributed by atoms with Gasteiger partial charge in [-0.2, -0.15) is 0 Å². The number of nitrogens with zero attached hydrogens (tertiary/aromatic N) is 1. The Morgan fingerprint density at radius 2 is 1.53 bits per heavy atom. The average molecular weight is 476 g/mol. The largest absolute Gasteiger partial charge is 0.427 e. The van der Waals surface area contributed by atoms with Crippen molar-refractivity contribution in [2.75, 3.05) is 5.32 Å². The molecule has 0 fully saturated rings. The molecule has 1 heterocycles. The van der Waals surface area contributed by atoms with Gasteiger partial charge in [-0.15, -0.1) is 0 Å². The monoisotopic (exact) mass is 475 g/mol. The molecule has 4 aromatic carbocycles. The standard InChI is InChI=1S/C29H21N3O4/c1-18(33)36-24-9-5-8-22(16-24)29(35)30-23-13-10-20(11-14-23)28-31-25-15-12-21(17-26(25)32-28)27(34)19-6-3-2-4-7-19/h2-17H,1H3,(H,30,35)(H,31,32). The van der Waals surface area contributed by atoms with Crippen molar-refractivity contribution in [1.29, 1.82) is 0 Å². The molecule has 176 valence electrons. The molecule has 5 rings (SSSR count). The fraction of sp³-hybridized carbons (Fsp3) is 0.0345. The summed E-state index contributed by atoms with van der Waals surface area (Å²) in [5, 5.41) is 2.83. The maximum Gasteiger partial charge on any atom is 0.308 e. The molecular formula is C29H21N3O4. The summed E-state index contributed by atoms with van der Waals surface area (Å²) >= 11 is 0. The zero-order valence-electron chi connectivity index (χ0n) is 19.3. The first kappa shape index (κ1) is 22.7. The molecule has 36 heavy (non-hydrogen) atoms. The minimum atomic E-state index is -0.451. The van der Waals surface area contributed by atoms with E-state index in [1.54, 1.807) is 54.6 Å². The van der Waals surface area contributed by atoms with Crippen LogP contribution in [0.5, 0.6) is 5.75 Å². The Morgan fingerprint density at radius 3 is 2.28 bits per heavy atom. The van der Waals surface area contributed by atoms with E-state index in [9.17, 15) is 14.4 Å². The van der Waals surface area contributed by atoms with Crippen molar-refractivity contribution < 1.29 is 19.1 Å². The number of hydrogen-bond donors (Lipinski definition) is 2. The van der Waals surface area contributed by atoms with Crippen LogP contribution in [-0.2, 0) is 4.79 Å². The lowest BCUT2D eigenvalue weighted by molar-refractivity contribution is -0.131. The Kier molecular flexibility index (Phi) is 6.11. The molecule has 0 atom stereocenters. The lowest BCUT2D eigenvalue weighted by atomic mass is 10.0. The fourth-order valence-corrected chi connectivity index (χ4v) is 3.83. The highest BCUT2D eigenvalue weighted by Gasteiger charge is 2.13. The molecule has 0 saturated heterocycles. The van der Waals surface area contributed by atoms with E-state index in [1.807, 2.05) is 36.4 Å². The van der Waals surface area contributed by atoms with Crippen LogP contribution in [0.3, 0.4) is 0 Å². The van der Waals surface area contributed by atoms with Crippen LogP contribution in [0.2, 0.25) is 0 Å². The maximum atomic E-state index is 12.8. The second-order valence-corrected chi connectivity index (χ2v) is 8.17. The number of ether oxygens (including phenoxy) is 1. The third-order valence-corrected chi connectivity index (χ3v) is 5.55. The molecule has 5 aromatic rings. The molecular weight excluding hydrogens is 454 g/mol. The third kappa shape index (κ3) is 4.90. The Bertz CT molecular complexity index is 1590. The maximum absolute atomic E-state index is 12.8. The minimum absolute atomic E-state index is 0.0489. The van der Waals surface area contributed by atoms with Crippen molar-refractivity contribution in [3.8, 4) is 17.1 Å². The number of rotatable bonds is 6. The van der Waals surface area contributed by atoms with Gasteiger partial charge in [0.2, 0.25) is 0 Å². The first-order valence-electron chi connectivity index (χ1n) is 11.3. The van der Waals surface area contributed by atoms with Gasteiger partial charge in [-0.1, -0.05) is 36.4 Å². The molecule has 1 amide bonds. The molecule has 0 unspecified atom stereocenters. The number of imidazole rings is 1. The number of esters is 1. The number of fused-ring (bicyclic) bond motifs is 1. The SMILES string of the molecule is CC(=O)Oc1cccc(C(=O)Nc2ccc(-c3nc4ccc(C(=O)c5ccccc5)cc4[nH]3)cc2)c1. The zero-order valence-corrected chi connectivity index (χ0v) is 19.3. The number of carbonyl (C=O) groups is 3. The van der Waals surface area contributed by atoms with Crippen LogP contribution >= 0.6 is 0 Å². The minimum Gasteiger partial charge on any atom is -0.427 e. The molecule has 0 bridgehead atoms. The number of nitrogens with one attached hydrogen (secondary N) is 2. The normalized spacial score (nSPS) is 10.7. The van der Waals surface area contributed by atoms with E-state index in [0.29, 0.717) is 34.0 Å². The second kappa shape index (κ2) is 9.68. The smallest absolute Gasteiger partial charge is 0.308 e. The van der Waals surface area contributed by atoms with Gasteiger partial charge in [-0.25, -0.2) is 4.98 Å². The predicted molar refractivity (Wildman–Crippen MR) is 137 cm³/mol. The van der Waals surface area contributed by atoms with E-state index in [0.717, 1.165) is 16.6 Å². The van der Waals surface area contributed by atoms with Crippen LogP contribution in [0.25, 0.3) is 22.4 Å². The van der Waals surface area contributed by atoms with Gasteiger partial charge in [0, 0.05) is 34.9 Å². The number of aromatic amines is 1. The summed E-state index contributed by atoms with van der Waals surface area (Å²) in [7, 11) is 0. The van der Waals surface area contributed by atoms with Gasteiger partial charge in [0.15, 0.2) is 5.78 Å². The predicted octanol–water partition coefficient (Wildman–Crippen LogP) is 5.64. The number of hydrogen-bond acceptors (Lipinski definition) is 5. The Labute approximate surface area is 206 Å². The molecule has 0 spiro atoms. The first-order chi connectivity index (χ1) is 17.5. The lowest BCUT2D eigenvalue weighted by Gasteiger charge is -2.07. The van der Waals surface area contributed by atoms with Crippen molar-refractivity contribution in [3.05, 3.63) is 114 Å². The van der Waals surface area contributed by atoms with E-state index in [2.05, 4.69) is 15.3 Å². The van der Waals surface area contributed by atoms with Gasteiger partial charge in [0.1, 0.15) is 11.6 Å². The summed E-state index contributed by atoms with van der Waals surface area (Å²) in [6.07, 6.45) is 0. The molecule has 0 aliphatic heterocycles. The zero-order chi connectivity index (χ0) is 25.1. The van der Waals surface area contributed by atoms with Gasteiger partial charge < -0.3 is 15.0 Å². The van der Waals surface area contributed by atoms with Crippen LogP contribution in [0.4, 0.5) is 5.69 Å².